The molecule has 124 valence electrons. The number of hydrogen-bond acceptors (Lipinski definition) is 6. The summed E-state index contributed by atoms with van der Waals surface area (Å²) in [6.07, 6.45) is 1.26. The minimum absolute atomic E-state index is 0.0513. The number of fused-ring (bicyclic) bond motifs is 1. The molecule has 3 aromatic rings. The second-order valence-electron chi connectivity index (χ2n) is 5.20. The van der Waals surface area contributed by atoms with E-state index in [2.05, 4.69) is 20.0 Å². The molecule has 0 unspecified atom stereocenters. The van der Waals surface area contributed by atoms with Gasteiger partial charge >= 0.3 is 5.97 Å². The fraction of sp³-hybridized carbons (Fsp3) is 0.267. The number of carbonyl (C=O) groups excluding carboxylic acids is 1. The van der Waals surface area contributed by atoms with E-state index in [9.17, 15) is 14.0 Å². The van der Waals surface area contributed by atoms with Gasteiger partial charge in [0.05, 0.1) is 13.7 Å². The molecular formula is C15H14FN5O3. The molecule has 0 amide bonds. The zero-order chi connectivity index (χ0) is 17.3. The molecule has 0 N–H and O–H groups in total. The Hall–Kier alpha value is -3.10. The fourth-order valence-corrected chi connectivity index (χ4v) is 2.30. The minimum Gasteiger partial charge on any atom is -0.467 e. The van der Waals surface area contributed by atoms with Crippen LogP contribution in [0.2, 0.25) is 0 Å². The Morgan fingerprint density at radius 2 is 2.04 bits per heavy atom. The number of carbonyl (C=O) groups is 1. The van der Waals surface area contributed by atoms with Crippen LogP contribution in [-0.2, 0) is 16.1 Å². The number of ether oxygens (including phenoxy) is 1. The first kappa shape index (κ1) is 15.8. The zero-order valence-corrected chi connectivity index (χ0v) is 13.0. The lowest BCUT2D eigenvalue weighted by Crippen LogP contribution is -2.29. The maximum atomic E-state index is 13.0. The molecule has 1 atom stereocenters. The highest BCUT2D eigenvalue weighted by Crippen LogP contribution is 2.10. The average molecular weight is 331 g/mol. The minimum atomic E-state index is -0.818. The van der Waals surface area contributed by atoms with Gasteiger partial charge in [-0.05, 0) is 24.6 Å². The number of esters is 1. The highest BCUT2D eigenvalue weighted by molar-refractivity contribution is 5.74. The number of benzene rings is 1. The zero-order valence-electron chi connectivity index (χ0n) is 13.0. The standard InChI is InChI=1S/C15H14FN5O3/c1-9(15(23)24-2)20-8-17-13-12(14(20)22)18-19-21(13)7-10-3-5-11(16)6-4-10/h3-6,8-9H,7H2,1-2H3/t9-/m1/s1. The van der Waals surface area contributed by atoms with Crippen LogP contribution in [0, 0.1) is 5.82 Å². The second kappa shape index (κ2) is 6.19. The highest BCUT2D eigenvalue weighted by Gasteiger charge is 2.20. The Morgan fingerprint density at radius 1 is 1.33 bits per heavy atom. The molecule has 2 heterocycles. The van der Waals surface area contributed by atoms with Crippen LogP contribution in [0.15, 0.2) is 35.4 Å². The van der Waals surface area contributed by atoms with Crippen molar-refractivity contribution in [1.29, 1.82) is 0 Å². The van der Waals surface area contributed by atoms with Gasteiger partial charge in [-0.2, -0.15) is 0 Å². The van der Waals surface area contributed by atoms with Gasteiger partial charge in [0.25, 0.3) is 5.56 Å². The van der Waals surface area contributed by atoms with Gasteiger partial charge in [0.1, 0.15) is 18.2 Å². The monoisotopic (exact) mass is 331 g/mol. The van der Waals surface area contributed by atoms with Gasteiger partial charge in [-0.3, -0.25) is 9.36 Å². The molecule has 1 aromatic carbocycles. The van der Waals surface area contributed by atoms with E-state index in [4.69, 9.17) is 0 Å². The summed E-state index contributed by atoms with van der Waals surface area (Å²) in [7, 11) is 1.24. The van der Waals surface area contributed by atoms with Crippen molar-refractivity contribution < 1.29 is 13.9 Å². The van der Waals surface area contributed by atoms with Crippen LogP contribution in [0.3, 0.4) is 0 Å². The third kappa shape index (κ3) is 2.75. The van der Waals surface area contributed by atoms with Gasteiger partial charge in [0.2, 0.25) is 0 Å². The van der Waals surface area contributed by atoms with E-state index in [1.165, 1.54) is 37.2 Å². The van der Waals surface area contributed by atoms with Gasteiger partial charge in [-0.15, -0.1) is 5.10 Å². The van der Waals surface area contributed by atoms with Gasteiger partial charge < -0.3 is 4.74 Å². The first-order valence-corrected chi connectivity index (χ1v) is 7.14. The molecule has 0 aliphatic carbocycles. The molecular weight excluding hydrogens is 317 g/mol. The van der Waals surface area contributed by atoms with Crippen molar-refractivity contribution >= 4 is 17.1 Å². The first-order valence-electron chi connectivity index (χ1n) is 7.14. The average Bonchev–Trinajstić information content (AvgIpc) is 3.00. The predicted molar refractivity (Wildman–Crippen MR) is 81.8 cm³/mol. The summed E-state index contributed by atoms with van der Waals surface area (Å²) in [4.78, 5) is 28.2. The fourth-order valence-electron chi connectivity index (χ4n) is 2.30. The maximum absolute atomic E-state index is 13.0. The van der Waals surface area contributed by atoms with Crippen LogP contribution in [0.4, 0.5) is 4.39 Å². The number of hydrogen-bond donors (Lipinski definition) is 0. The number of aromatic nitrogens is 5. The lowest BCUT2D eigenvalue weighted by atomic mass is 10.2. The quantitative estimate of drug-likeness (QED) is 0.660. The largest absolute Gasteiger partial charge is 0.467 e. The molecule has 0 fully saturated rings. The van der Waals surface area contributed by atoms with E-state index in [-0.39, 0.29) is 17.0 Å². The van der Waals surface area contributed by atoms with Crippen LogP contribution >= 0.6 is 0 Å². The summed E-state index contributed by atoms with van der Waals surface area (Å²) in [5, 5.41) is 7.77. The van der Waals surface area contributed by atoms with Crippen molar-refractivity contribution in [2.75, 3.05) is 7.11 Å². The summed E-state index contributed by atoms with van der Waals surface area (Å²) in [6, 6.07) is 5.09. The van der Waals surface area contributed by atoms with Crippen LogP contribution in [0.5, 0.6) is 0 Å². The summed E-state index contributed by atoms with van der Waals surface area (Å²) < 4.78 is 20.2. The Morgan fingerprint density at radius 3 is 2.71 bits per heavy atom. The molecule has 24 heavy (non-hydrogen) atoms. The lowest BCUT2D eigenvalue weighted by Gasteiger charge is -2.11. The van der Waals surface area contributed by atoms with Crippen molar-refractivity contribution in [3.05, 3.63) is 52.3 Å². The summed E-state index contributed by atoms with van der Waals surface area (Å²) in [5.74, 6) is -0.892. The smallest absolute Gasteiger partial charge is 0.328 e. The maximum Gasteiger partial charge on any atom is 0.328 e. The van der Waals surface area contributed by atoms with Crippen LogP contribution in [0.1, 0.15) is 18.5 Å². The van der Waals surface area contributed by atoms with E-state index in [1.807, 2.05) is 0 Å². The summed E-state index contributed by atoms with van der Waals surface area (Å²) >= 11 is 0. The van der Waals surface area contributed by atoms with E-state index in [0.29, 0.717) is 6.54 Å². The molecule has 0 radical (unpaired) electrons. The third-order valence-corrected chi connectivity index (χ3v) is 3.66. The van der Waals surface area contributed by atoms with Crippen LogP contribution < -0.4 is 5.56 Å². The topological polar surface area (TPSA) is 91.9 Å². The van der Waals surface area contributed by atoms with E-state index in [0.717, 1.165) is 10.1 Å². The molecule has 2 aromatic heterocycles. The molecule has 0 aliphatic heterocycles. The van der Waals surface area contributed by atoms with Gasteiger partial charge in [-0.25, -0.2) is 18.9 Å². The Labute approximate surface area is 135 Å². The molecule has 0 bridgehead atoms. The predicted octanol–water partition coefficient (Wildman–Crippen LogP) is 0.909. The van der Waals surface area contributed by atoms with E-state index in [1.54, 1.807) is 12.1 Å². The number of rotatable bonds is 4. The highest BCUT2D eigenvalue weighted by atomic mass is 19.1. The van der Waals surface area contributed by atoms with Crippen molar-refractivity contribution in [2.24, 2.45) is 0 Å². The molecule has 8 nitrogen and oxygen atoms in total. The molecule has 0 spiro atoms. The van der Waals surface area contributed by atoms with Gasteiger partial charge in [-0.1, -0.05) is 17.3 Å². The third-order valence-electron chi connectivity index (χ3n) is 3.66. The van der Waals surface area contributed by atoms with Gasteiger partial charge in [0, 0.05) is 0 Å². The van der Waals surface area contributed by atoms with Crippen LogP contribution in [-0.4, -0.2) is 37.6 Å². The number of methoxy groups -OCH3 is 1. The van der Waals surface area contributed by atoms with E-state index >= 15 is 0 Å². The normalized spacial score (nSPS) is 12.3. The van der Waals surface area contributed by atoms with Crippen molar-refractivity contribution in [1.82, 2.24) is 24.5 Å². The Kier molecular flexibility index (Phi) is 4.07. The summed E-state index contributed by atoms with van der Waals surface area (Å²) in [5.41, 5.74) is 0.647. The van der Waals surface area contributed by atoms with Crippen molar-refractivity contribution in [2.45, 2.75) is 19.5 Å². The van der Waals surface area contributed by atoms with Crippen LogP contribution in [0.25, 0.3) is 11.2 Å². The molecule has 0 saturated carbocycles. The number of halogens is 1. The molecule has 0 saturated heterocycles. The molecule has 3 rings (SSSR count). The van der Waals surface area contributed by atoms with E-state index < -0.39 is 17.6 Å². The number of nitrogens with zero attached hydrogens (tertiary/aromatic N) is 5. The van der Waals surface area contributed by atoms with Crippen molar-refractivity contribution in [3.8, 4) is 0 Å². The van der Waals surface area contributed by atoms with Crippen molar-refractivity contribution in [3.63, 3.8) is 0 Å². The first-order chi connectivity index (χ1) is 11.5. The Bertz CT molecular complexity index is 948. The molecule has 0 aliphatic rings. The summed E-state index contributed by atoms with van der Waals surface area (Å²) in [6.45, 7) is 1.82. The van der Waals surface area contributed by atoms with Gasteiger partial charge in [0.15, 0.2) is 11.2 Å². The lowest BCUT2D eigenvalue weighted by molar-refractivity contribution is -0.144. The second-order valence-corrected chi connectivity index (χ2v) is 5.20. The SMILES string of the molecule is COC(=O)[C@@H](C)n1cnc2c(nnn2Cc2ccc(F)cc2)c1=O. The Balaban J connectivity index is 1.99. The molecule has 9 heteroatoms.